The zero-order valence-electron chi connectivity index (χ0n) is 19.3. The van der Waals surface area contributed by atoms with Crippen LogP contribution in [0.1, 0.15) is 70.6 Å². The Morgan fingerprint density at radius 1 is 1.38 bits per heavy atom. The van der Waals surface area contributed by atoms with Gasteiger partial charge in [-0.05, 0) is 51.1 Å². The highest BCUT2D eigenvalue weighted by Crippen LogP contribution is 2.47. The highest BCUT2D eigenvalue weighted by molar-refractivity contribution is 7.59. The Hall–Kier alpha value is -1.05. The Labute approximate surface area is 184 Å². The van der Waals surface area contributed by atoms with Crippen LogP contribution >= 0.6 is 13.5 Å². The average Bonchev–Trinajstić information content (AvgIpc) is 3.07. The number of nitrogens with one attached hydrogen (secondary N) is 3. The van der Waals surface area contributed by atoms with Crippen molar-refractivity contribution in [2.24, 2.45) is 17.3 Å². The third-order valence-corrected chi connectivity index (χ3v) is 6.28. The van der Waals surface area contributed by atoms with E-state index in [-0.39, 0.29) is 30.7 Å². The van der Waals surface area contributed by atoms with Crippen LogP contribution in [0, 0.1) is 17.3 Å². The summed E-state index contributed by atoms with van der Waals surface area (Å²) in [5.74, 6) is 1.27. The highest BCUT2D eigenvalue weighted by Gasteiger charge is 2.41. The van der Waals surface area contributed by atoms with Crippen molar-refractivity contribution in [2.45, 2.75) is 65.8 Å². The van der Waals surface area contributed by atoms with Crippen LogP contribution < -0.4 is 10.6 Å². The number of aromatic nitrogens is 2. The summed E-state index contributed by atoms with van der Waals surface area (Å²) in [7, 11) is 4.12. The second-order valence-corrected chi connectivity index (χ2v) is 9.64. The monoisotopic (exact) mass is 425 g/mol. The molecule has 0 radical (unpaired) electrons. The Bertz CT molecular complexity index is 616. The van der Waals surface area contributed by atoms with Gasteiger partial charge in [0, 0.05) is 49.3 Å². The summed E-state index contributed by atoms with van der Waals surface area (Å²) in [6.45, 7) is 12.5. The maximum atomic E-state index is 12.9. The number of hydrogen-bond acceptors (Lipinski definition) is 4. The predicted octanol–water partition coefficient (Wildman–Crippen LogP) is 3.25. The van der Waals surface area contributed by atoms with Gasteiger partial charge in [-0.3, -0.25) is 9.89 Å². The van der Waals surface area contributed by atoms with Crippen LogP contribution in [0.4, 0.5) is 0 Å². The summed E-state index contributed by atoms with van der Waals surface area (Å²) in [4.78, 5) is 15.3. The number of H-pyrrole nitrogens is 1. The quantitative estimate of drug-likeness (QED) is 0.538. The van der Waals surface area contributed by atoms with Crippen LogP contribution in [0.2, 0.25) is 0 Å². The number of carbonyl (C=O) groups is 1. The van der Waals surface area contributed by atoms with Crippen molar-refractivity contribution in [3.8, 4) is 0 Å². The van der Waals surface area contributed by atoms with Gasteiger partial charge in [0.15, 0.2) is 0 Å². The largest absolute Gasteiger partial charge is 0.356 e. The van der Waals surface area contributed by atoms with E-state index in [0.29, 0.717) is 11.8 Å². The lowest BCUT2D eigenvalue weighted by Crippen LogP contribution is -2.43. The van der Waals surface area contributed by atoms with Crippen molar-refractivity contribution >= 4 is 19.4 Å². The molecule has 1 unspecified atom stereocenters. The van der Waals surface area contributed by atoms with Crippen LogP contribution in [0.15, 0.2) is 6.20 Å². The van der Waals surface area contributed by atoms with E-state index < -0.39 is 0 Å². The zero-order chi connectivity index (χ0) is 20.7. The summed E-state index contributed by atoms with van der Waals surface area (Å²) >= 11 is 0. The molecule has 2 rings (SSSR count). The lowest BCUT2D eigenvalue weighted by Gasteiger charge is -2.41. The molecule has 1 aromatic heterocycles. The van der Waals surface area contributed by atoms with Crippen LogP contribution in [0.25, 0.3) is 0 Å². The Morgan fingerprint density at radius 3 is 2.76 bits per heavy atom. The third-order valence-electron chi connectivity index (χ3n) is 6.28. The van der Waals surface area contributed by atoms with Gasteiger partial charge in [-0.15, -0.1) is 0 Å². The van der Waals surface area contributed by atoms with Crippen molar-refractivity contribution in [1.29, 1.82) is 0 Å². The molecular formula is C22H43N5OS. The van der Waals surface area contributed by atoms with Crippen molar-refractivity contribution in [3.63, 3.8) is 0 Å². The van der Waals surface area contributed by atoms with Gasteiger partial charge in [0.25, 0.3) is 0 Å². The standard InChI is InChI=1S/C22H41N5O.H2S/c1-16(2)8-10-24-21(28)19-13-17(7-9-22(19,3)4)20-18(14-25-26-20)15-27(6)12-11-23-5;/h14,16-17,19,23H,7-13,15H2,1-6H3,(H,24,28)(H,25,26);1H2/t17?,19-;/m1./s1. The number of rotatable bonds is 10. The average molecular weight is 426 g/mol. The van der Waals surface area contributed by atoms with E-state index in [1.807, 2.05) is 13.2 Å². The van der Waals surface area contributed by atoms with E-state index in [4.69, 9.17) is 0 Å². The van der Waals surface area contributed by atoms with E-state index >= 15 is 0 Å². The van der Waals surface area contributed by atoms with Crippen molar-refractivity contribution < 1.29 is 4.79 Å². The smallest absolute Gasteiger partial charge is 0.223 e. The molecule has 168 valence electrons. The van der Waals surface area contributed by atoms with E-state index in [9.17, 15) is 4.79 Å². The van der Waals surface area contributed by atoms with Gasteiger partial charge in [0.1, 0.15) is 0 Å². The molecule has 1 aliphatic rings. The van der Waals surface area contributed by atoms with Gasteiger partial charge in [-0.2, -0.15) is 18.6 Å². The van der Waals surface area contributed by atoms with E-state index in [1.165, 1.54) is 11.3 Å². The molecule has 29 heavy (non-hydrogen) atoms. The summed E-state index contributed by atoms with van der Waals surface area (Å²) in [6, 6.07) is 0. The molecule has 2 atom stereocenters. The highest BCUT2D eigenvalue weighted by atomic mass is 32.1. The fourth-order valence-electron chi connectivity index (χ4n) is 4.25. The first-order valence-corrected chi connectivity index (χ1v) is 10.9. The number of carbonyl (C=O) groups excluding carboxylic acids is 1. The molecule has 1 amide bonds. The van der Waals surface area contributed by atoms with Gasteiger partial charge >= 0.3 is 0 Å². The second-order valence-electron chi connectivity index (χ2n) is 9.64. The Kier molecular flexibility index (Phi) is 10.7. The van der Waals surface area contributed by atoms with Crippen LogP contribution in [-0.4, -0.2) is 54.7 Å². The number of amides is 1. The molecule has 7 heteroatoms. The number of aromatic amines is 1. The van der Waals surface area contributed by atoms with E-state index in [2.05, 4.69) is 60.5 Å². The minimum Gasteiger partial charge on any atom is -0.356 e. The second kappa shape index (κ2) is 12.0. The maximum absolute atomic E-state index is 12.9. The lowest BCUT2D eigenvalue weighted by molar-refractivity contribution is -0.130. The van der Waals surface area contributed by atoms with Gasteiger partial charge in [0.2, 0.25) is 5.91 Å². The van der Waals surface area contributed by atoms with Crippen LogP contribution in [-0.2, 0) is 11.3 Å². The first kappa shape index (κ1) is 26.0. The summed E-state index contributed by atoms with van der Waals surface area (Å²) in [5, 5.41) is 14.0. The summed E-state index contributed by atoms with van der Waals surface area (Å²) < 4.78 is 0. The molecular weight excluding hydrogens is 382 g/mol. The Morgan fingerprint density at radius 2 is 2.10 bits per heavy atom. The number of hydrogen-bond donors (Lipinski definition) is 3. The van der Waals surface area contributed by atoms with Gasteiger partial charge in [-0.25, -0.2) is 0 Å². The molecule has 1 aliphatic carbocycles. The van der Waals surface area contributed by atoms with Crippen molar-refractivity contribution in [2.75, 3.05) is 33.7 Å². The van der Waals surface area contributed by atoms with Gasteiger partial charge in [0.05, 0.1) is 6.20 Å². The first-order chi connectivity index (χ1) is 13.2. The van der Waals surface area contributed by atoms with Gasteiger partial charge in [-0.1, -0.05) is 27.7 Å². The topological polar surface area (TPSA) is 73.0 Å². The maximum Gasteiger partial charge on any atom is 0.223 e. The SMILES string of the molecule is CNCCN(C)Cc1cn[nH]c1C1CCC(C)(C)[C@@H](C(=O)NCCC(C)C)C1.S. The normalized spacial score (nSPS) is 21.2. The lowest BCUT2D eigenvalue weighted by atomic mass is 9.64. The molecule has 1 saturated carbocycles. The minimum absolute atomic E-state index is 0. The Balaban J connectivity index is 0.00000420. The van der Waals surface area contributed by atoms with Gasteiger partial charge < -0.3 is 15.5 Å². The molecule has 0 aromatic carbocycles. The fourth-order valence-corrected chi connectivity index (χ4v) is 4.25. The molecule has 1 aromatic rings. The van der Waals surface area contributed by atoms with Crippen LogP contribution in [0.3, 0.4) is 0 Å². The third kappa shape index (κ3) is 7.61. The number of likely N-dealkylation sites (N-methyl/N-ethyl adjacent to an activating group) is 2. The zero-order valence-corrected chi connectivity index (χ0v) is 20.3. The first-order valence-electron chi connectivity index (χ1n) is 10.9. The molecule has 1 heterocycles. The van der Waals surface area contributed by atoms with Crippen molar-refractivity contribution in [1.82, 2.24) is 25.7 Å². The molecule has 0 bridgehead atoms. The fraction of sp³-hybridized carbons (Fsp3) is 0.818. The number of nitrogens with zero attached hydrogens (tertiary/aromatic N) is 2. The molecule has 3 N–H and O–H groups in total. The molecule has 0 aliphatic heterocycles. The molecule has 1 fully saturated rings. The van der Waals surface area contributed by atoms with E-state index in [0.717, 1.165) is 51.9 Å². The predicted molar refractivity (Wildman–Crippen MR) is 126 cm³/mol. The summed E-state index contributed by atoms with van der Waals surface area (Å²) in [5.41, 5.74) is 2.54. The molecule has 0 saturated heterocycles. The summed E-state index contributed by atoms with van der Waals surface area (Å²) in [6.07, 6.45) is 6.07. The minimum atomic E-state index is 0. The van der Waals surface area contributed by atoms with E-state index in [1.54, 1.807) is 0 Å². The molecule has 6 nitrogen and oxygen atoms in total. The van der Waals surface area contributed by atoms with Crippen molar-refractivity contribution in [3.05, 3.63) is 17.5 Å². The van der Waals surface area contributed by atoms with Crippen LogP contribution in [0.5, 0.6) is 0 Å². The molecule has 0 spiro atoms.